The van der Waals surface area contributed by atoms with Gasteiger partial charge >= 0.3 is 0 Å². The molecule has 118 valence electrons. The number of methoxy groups -OCH3 is 1. The molecule has 1 aromatic heterocycles. The Morgan fingerprint density at radius 2 is 2.45 bits per heavy atom. The summed E-state index contributed by atoms with van der Waals surface area (Å²) >= 11 is 0. The van der Waals surface area contributed by atoms with Gasteiger partial charge in [0.15, 0.2) is 5.82 Å². The van der Waals surface area contributed by atoms with Crippen LogP contribution in [0.5, 0.6) is 5.75 Å². The highest BCUT2D eigenvalue weighted by molar-refractivity contribution is 6.01. The molecule has 0 spiro atoms. The number of carbonyl (C=O) groups excluding carboxylic acids is 1. The minimum absolute atomic E-state index is 0.164. The largest absolute Gasteiger partial charge is 0.497 e. The van der Waals surface area contributed by atoms with E-state index < -0.39 is 6.10 Å². The maximum absolute atomic E-state index is 12.4. The number of ether oxygens (including phenoxy) is 2. The zero-order chi connectivity index (χ0) is 15.5. The molecule has 1 unspecified atom stereocenters. The summed E-state index contributed by atoms with van der Waals surface area (Å²) in [4.78, 5) is 14.5. The number of fused-ring (bicyclic) bond motifs is 1. The van der Waals surface area contributed by atoms with Crippen molar-refractivity contribution in [1.82, 2.24) is 15.1 Å². The van der Waals surface area contributed by atoms with Crippen LogP contribution in [0.25, 0.3) is 10.9 Å². The lowest BCUT2D eigenvalue weighted by Gasteiger charge is -2.30. The van der Waals surface area contributed by atoms with E-state index in [4.69, 9.17) is 9.47 Å². The van der Waals surface area contributed by atoms with Crippen LogP contribution in [-0.2, 0) is 9.53 Å². The van der Waals surface area contributed by atoms with Crippen molar-refractivity contribution in [3.05, 3.63) is 18.2 Å². The second-order valence-electron chi connectivity index (χ2n) is 5.23. The fourth-order valence-electron chi connectivity index (χ4n) is 2.57. The van der Waals surface area contributed by atoms with Crippen molar-refractivity contribution in [3.8, 4) is 5.75 Å². The fourth-order valence-corrected chi connectivity index (χ4v) is 2.57. The number of aromatic amines is 1. The Bertz CT molecular complexity index is 670. The zero-order valence-electron chi connectivity index (χ0n) is 12.8. The van der Waals surface area contributed by atoms with E-state index >= 15 is 0 Å². The van der Waals surface area contributed by atoms with Crippen LogP contribution in [0.4, 0.5) is 5.82 Å². The Kier molecular flexibility index (Phi) is 4.26. The molecule has 3 rings (SSSR count). The van der Waals surface area contributed by atoms with E-state index in [0.29, 0.717) is 19.0 Å². The molecule has 7 nitrogen and oxygen atoms in total. The molecule has 7 heteroatoms. The monoisotopic (exact) mass is 304 g/mol. The van der Waals surface area contributed by atoms with Gasteiger partial charge in [0.05, 0.1) is 19.2 Å². The molecule has 1 fully saturated rings. The third-order valence-corrected chi connectivity index (χ3v) is 3.90. The summed E-state index contributed by atoms with van der Waals surface area (Å²) in [5.41, 5.74) is 0.814. The van der Waals surface area contributed by atoms with E-state index in [1.165, 1.54) is 0 Å². The average Bonchev–Trinajstić information content (AvgIpc) is 2.96. The number of amides is 1. The van der Waals surface area contributed by atoms with Gasteiger partial charge in [0, 0.05) is 24.5 Å². The third kappa shape index (κ3) is 2.90. The summed E-state index contributed by atoms with van der Waals surface area (Å²) in [6.07, 6.45) is -0.460. The van der Waals surface area contributed by atoms with Crippen LogP contribution in [0.3, 0.4) is 0 Å². The number of aromatic nitrogens is 2. The predicted molar refractivity (Wildman–Crippen MR) is 83.1 cm³/mol. The summed E-state index contributed by atoms with van der Waals surface area (Å²) in [5.74, 6) is 1.09. The number of anilines is 1. The van der Waals surface area contributed by atoms with E-state index in [9.17, 15) is 4.79 Å². The second kappa shape index (κ2) is 6.33. The Hall–Kier alpha value is -2.12. The van der Waals surface area contributed by atoms with Gasteiger partial charge in [0.1, 0.15) is 11.9 Å². The number of H-pyrrole nitrogens is 1. The maximum Gasteiger partial charge on any atom is 0.256 e. The van der Waals surface area contributed by atoms with Crippen molar-refractivity contribution in [2.24, 2.45) is 0 Å². The molecule has 2 aromatic rings. The van der Waals surface area contributed by atoms with E-state index in [1.54, 1.807) is 7.11 Å². The molecule has 0 aliphatic carbocycles. The number of benzene rings is 1. The first-order valence-electron chi connectivity index (χ1n) is 7.38. The molecule has 2 heterocycles. The smallest absolute Gasteiger partial charge is 0.256 e. The van der Waals surface area contributed by atoms with Gasteiger partial charge < -0.3 is 14.8 Å². The molecule has 1 atom stereocenters. The molecule has 0 bridgehead atoms. The van der Waals surface area contributed by atoms with E-state index in [1.807, 2.05) is 18.2 Å². The second-order valence-corrected chi connectivity index (χ2v) is 5.23. The van der Waals surface area contributed by atoms with Crippen molar-refractivity contribution in [2.75, 3.05) is 38.7 Å². The summed E-state index contributed by atoms with van der Waals surface area (Å²) < 4.78 is 10.7. The predicted octanol–water partition coefficient (Wildman–Crippen LogP) is 1.23. The summed E-state index contributed by atoms with van der Waals surface area (Å²) in [6, 6.07) is 5.55. The minimum atomic E-state index is -0.460. The molecule has 22 heavy (non-hydrogen) atoms. The van der Waals surface area contributed by atoms with Crippen LogP contribution in [0.15, 0.2) is 18.2 Å². The SMILES string of the molecule is CCN1CCOC(C(=O)Nc2n[nH]c3cc(OC)ccc23)C1. The normalized spacial score (nSPS) is 19.3. The highest BCUT2D eigenvalue weighted by atomic mass is 16.5. The van der Waals surface area contributed by atoms with Crippen LogP contribution in [0, 0.1) is 0 Å². The van der Waals surface area contributed by atoms with Gasteiger partial charge in [-0.1, -0.05) is 6.92 Å². The van der Waals surface area contributed by atoms with Gasteiger partial charge in [-0.05, 0) is 18.7 Å². The number of carbonyl (C=O) groups is 1. The van der Waals surface area contributed by atoms with Crippen molar-refractivity contribution < 1.29 is 14.3 Å². The molecule has 0 saturated carbocycles. The molecule has 1 aliphatic heterocycles. The van der Waals surface area contributed by atoms with Gasteiger partial charge in [0.25, 0.3) is 5.91 Å². The van der Waals surface area contributed by atoms with Crippen molar-refractivity contribution in [2.45, 2.75) is 13.0 Å². The summed E-state index contributed by atoms with van der Waals surface area (Å²) in [6.45, 7) is 5.04. The first kappa shape index (κ1) is 14.8. The third-order valence-electron chi connectivity index (χ3n) is 3.90. The number of hydrogen-bond acceptors (Lipinski definition) is 5. The van der Waals surface area contributed by atoms with Gasteiger partial charge in [-0.3, -0.25) is 14.8 Å². The first-order valence-corrected chi connectivity index (χ1v) is 7.38. The summed E-state index contributed by atoms with van der Waals surface area (Å²) in [5, 5.41) is 10.7. The molecule has 1 aromatic carbocycles. The van der Waals surface area contributed by atoms with Crippen LogP contribution in [0.1, 0.15) is 6.92 Å². The number of hydrogen-bond donors (Lipinski definition) is 2. The van der Waals surface area contributed by atoms with Crippen LogP contribution >= 0.6 is 0 Å². The maximum atomic E-state index is 12.4. The van der Waals surface area contributed by atoms with E-state index in [-0.39, 0.29) is 5.91 Å². The molecule has 2 N–H and O–H groups in total. The Labute approximate surface area is 128 Å². The Morgan fingerprint density at radius 3 is 3.23 bits per heavy atom. The van der Waals surface area contributed by atoms with Crippen molar-refractivity contribution >= 4 is 22.6 Å². The zero-order valence-corrected chi connectivity index (χ0v) is 12.8. The Balaban J connectivity index is 1.74. The van der Waals surface area contributed by atoms with Gasteiger partial charge in [-0.2, -0.15) is 5.10 Å². The summed E-state index contributed by atoms with van der Waals surface area (Å²) in [7, 11) is 1.61. The molecule has 1 saturated heterocycles. The lowest BCUT2D eigenvalue weighted by Crippen LogP contribution is -2.47. The molecular weight excluding hydrogens is 284 g/mol. The van der Waals surface area contributed by atoms with Crippen LogP contribution in [-0.4, -0.2) is 60.5 Å². The highest BCUT2D eigenvalue weighted by Gasteiger charge is 2.26. The molecular formula is C15H20N4O3. The van der Waals surface area contributed by atoms with Gasteiger partial charge in [0.2, 0.25) is 0 Å². The molecule has 1 aliphatic rings. The van der Waals surface area contributed by atoms with Crippen LogP contribution in [0.2, 0.25) is 0 Å². The number of morpholine rings is 1. The molecule has 0 radical (unpaired) electrons. The topological polar surface area (TPSA) is 79.5 Å². The quantitative estimate of drug-likeness (QED) is 0.888. The van der Waals surface area contributed by atoms with Crippen molar-refractivity contribution in [3.63, 3.8) is 0 Å². The lowest BCUT2D eigenvalue weighted by molar-refractivity contribution is -0.132. The minimum Gasteiger partial charge on any atom is -0.497 e. The number of likely N-dealkylation sites (N-methyl/N-ethyl adjacent to an activating group) is 1. The lowest BCUT2D eigenvalue weighted by atomic mass is 10.2. The van der Waals surface area contributed by atoms with E-state index in [2.05, 4.69) is 27.3 Å². The first-order chi connectivity index (χ1) is 10.7. The fraction of sp³-hybridized carbons (Fsp3) is 0.467. The van der Waals surface area contributed by atoms with Crippen LogP contribution < -0.4 is 10.1 Å². The molecule has 1 amide bonds. The van der Waals surface area contributed by atoms with E-state index in [0.717, 1.165) is 29.7 Å². The average molecular weight is 304 g/mol. The number of nitrogens with one attached hydrogen (secondary N) is 2. The van der Waals surface area contributed by atoms with Gasteiger partial charge in [-0.15, -0.1) is 0 Å². The highest BCUT2D eigenvalue weighted by Crippen LogP contribution is 2.24. The number of nitrogens with zero attached hydrogens (tertiary/aromatic N) is 2. The standard InChI is InChI=1S/C15H20N4O3/c1-3-19-6-7-22-13(9-19)15(20)16-14-11-5-4-10(21-2)8-12(11)17-18-14/h4-5,8,13H,3,6-7,9H2,1-2H3,(H2,16,17,18,20). The van der Waals surface area contributed by atoms with Gasteiger partial charge in [-0.25, -0.2) is 0 Å². The number of rotatable bonds is 4. The Morgan fingerprint density at radius 1 is 1.59 bits per heavy atom. The van der Waals surface area contributed by atoms with Crippen molar-refractivity contribution in [1.29, 1.82) is 0 Å².